The lowest BCUT2D eigenvalue weighted by Gasteiger charge is -2.10. The molecule has 0 aliphatic heterocycles. The predicted octanol–water partition coefficient (Wildman–Crippen LogP) is 1.84. The number of hydrogen-bond donors (Lipinski definition) is 2. The molecule has 118 valence electrons. The molecule has 0 radical (unpaired) electrons. The van der Waals surface area contributed by atoms with Gasteiger partial charge in [-0.1, -0.05) is 0 Å². The molecule has 0 saturated carbocycles. The number of carbonyl (C=O) groups is 1. The molecule has 0 unspecified atom stereocenters. The number of phenols is 1. The zero-order valence-electron chi connectivity index (χ0n) is 12.3. The van der Waals surface area contributed by atoms with Crippen LogP contribution in [0.15, 0.2) is 30.3 Å². The van der Waals surface area contributed by atoms with Gasteiger partial charge < -0.3 is 19.7 Å². The number of ether oxygens (including phenoxy) is 2. The number of carboxylic acid groups (broad SMARTS) is 1. The molecule has 2 N–H and O–H groups in total. The molecule has 8 heteroatoms. The van der Waals surface area contributed by atoms with E-state index < -0.39 is 5.97 Å². The van der Waals surface area contributed by atoms with Crippen LogP contribution in [0.4, 0.5) is 0 Å². The molecule has 3 aromatic rings. The molecule has 1 heterocycles. The number of carboxylic acids is 1. The van der Waals surface area contributed by atoms with Crippen LogP contribution < -0.4 is 9.47 Å². The van der Waals surface area contributed by atoms with Gasteiger partial charge in [0.2, 0.25) is 5.75 Å². The Morgan fingerprint density at radius 3 is 2.22 bits per heavy atom. The highest BCUT2D eigenvalue weighted by molar-refractivity contribution is 5.92. The summed E-state index contributed by atoms with van der Waals surface area (Å²) in [6.45, 7) is 0. The first-order chi connectivity index (χ1) is 11.0. The standard InChI is InChI=1S/C15H13N3O5/c1-22-12-6-9(7-13(23-2)14(12)19)18-16-10-4-3-8(15(20)21)5-11(10)17-18/h3-7,19H,1-2H3,(H,20,21). The topological polar surface area (TPSA) is 107 Å². The van der Waals surface area contributed by atoms with Gasteiger partial charge in [-0.15, -0.1) is 10.2 Å². The van der Waals surface area contributed by atoms with Gasteiger partial charge >= 0.3 is 5.97 Å². The van der Waals surface area contributed by atoms with Crippen LogP contribution in [0.3, 0.4) is 0 Å². The lowest BCUT2D eigenvalue weighted by molar-refractivity contribution is 0.0697. The van der Waals surface area contributed by atoms with E-state index in [4.69, 9.17) is 14.6 Å². The Morgan fingerprint density at radius 2 is 1.65 bits per heavy atom. The number of aromatic nitrogens is 3. The third-order valence-electron chi connectivity index (χ3n) is 3.32. The van der Waals surface area contributed by atoms with E-state index >= 15 is 0 Å². The van der Waals surface area contributed by atoms with Crippen LogP contribution in [-0.4, -0.2) is 45.4 Å². The van der Waals surface area contributed by atoms with Crippen molar-refractivity contribution in [3.8, 4) is 22.9 Å². The van der Waals surface area contributed by atoms with Crippen LogP contribution in [0.2, 0.25) is 0 Å². The lowest BCUT2D eigenvalue weighted by Crippen LogP contribution is -2.00. The minimum absolute atomic E-state index is 0.122. The summed E-state index contributed by atoms with van der Waals surface area (Å²) in [7, 11) is 2.84. The molecule has 23 heavy (non-hydrogen) atoms. The van der Waals surface area contributed by atoms with Gasteiger partial charge in [0.25, 0.3) is 0 Å². The third-order valence-corrected chi connectivity index (χ3v) is 3.32. The summed E-state index contributed by atoms with van der Waals surface area (Å²) in [5, 5.41) is 27.5. The number of nitrogens with zero attached hydrogens (tertiary/aromatic N) is 3. The van der Waals surface area contributed by atoms with Gasteiger partial charge in [-0.3, -0.25) is 0 Å². The summed E-state index contributed by atoms with van der Waals surface area (Å²) < 4.78 is 10.2. The molecule has 1 aromatic heterocycles. The van der Waals surface area contributed by atoms with E-state index in [9.17, 15) is 9.90 Å². The number of hydrogen-bond acceptors (Lipinski definition) is 6. The van der Waals surface area contributed by atoms with Crippen molar-refractivity contribution in [3.05, 3.63) is 35.9 Å². The van der Waals surface area contributed by atoms with Gasteiger partial charge in [0.05, 0.1) is 25.5 Å². The van der Waals surface area contributed by atoms with Crippen molar-refractivity contribution >= 4 is 17.0 Å². The molecular weight excluding hydrogens is 302 g/mol. The molecule has 0 aliphatic carbocycles. The van der Waals surface area contributed by atoms with E-state index in [0.29, 0.717) is 16.7 Å². The number of fused-ring (bicyclic) bond motifs is 1. The second-order valence-electron chi connectivity index (χ2n) is 4.70. The van der Waals surface area contributed by atoms with Gasteiger partial charge in [-0.25, -0.2) is 4.79 Å². The molecule has 0 amide bonds. The highest BCUT2D eigenvalue weighted by Crippen LogP contribution is 2.38. The van der Waals surface area contributed by atoms with Gasteiger partial charge in [-0.05, 0) is 18.2 Å². The van der Waals surface area contributed by atoms with E-state index in [0.717, 1.165) is 0 Å². The molecule has 8 nitrogen and oxygen atoms in total. The predicted molar refractivity (Wildman–Crippen MR) is 80.6 cm³/mol. The maximum absolute atomic E-state index is 11.0. The van der Waals surface area contributed by atoms with Crippen LogP contribution >= 0.6 is 0 Å². The first-order valence-electron chi connectivity index (χ1n) is 6.59. The molecule has 0 spiro atoms. The third kappa shape index (κ3) is 2.50. The number of rotatable bonds is 4. The van der Waals surface area contributed by atoms with Crippen molar-refractivity contribution in [1.29, 1.82) is 0 Å². The molecule has 3 rings (SSSR count). The molecule has 0 atom stereocenters. The fourth-order valence-corrected chi connectivity index (χ4v) is 2.16. The van der Waals surface area contributed by atoms with E-state index in [1.165, 1.54) is 31.1 Å². The Morgan fingerprint density at radius 1 is 1.04 bits per heavy atom. The van der Waals surface area contributed by atoms with Crippen LogP contribution in [0, 0.1) is 0 Å². The van der Waals surface area contributed by atoms with Gasteiger partial charge in [-0.2, -0.15) is 4.80 Å². The highest BCUT2D eigenvalue weighted by Gasteiger charge is 2.15. The number of aromatic carboxylic acids is 1. The van der Waals surface area contributed by atoms with Gasteiger partial charge in [0, 0.05) is 12.1 Å². The van der Waals surface area contributed by atoms with E-state index in [2.05, 4.69) is 10.2 Å². The zero-order valence-corrected chi connectivity index (χ0v) is 12.3. The second kappa shape index (κ2) is 5.48. The zero-order chi connectivity index (χ0) is 16.6. The van der Waals surface area contributed by atoms with Crippen LogP contribution in [0.25, 0.3) is 16.7 Å². The Labute approximate surface area is 130 Å². The monoisotopic (exact) mass is 315 g/mol. The van der Waals surface area contributed by atoms with E-state index in [1.807, 2.05) is 0 Å². The number of methoxy groups -OCH3 is 2. The quantitative estimate of drug-likeness (QED) is 0.756. The summed E-state index contributed by atoms with van der Waals surface area (Å²) in [4.78, 5) is 12.3. The second-order valence-corrected chi connectivity index (χ2v) is 4.70. The number of benzene rings is 2. The lowest BCUT2D eigenvalue weighted by atomic mass is 10.2. The van der Waals surface area contributed by atoms with Crippen LogP contribution in [0.1, 0.15) is 10.4 Å². The summed E-state index contributed by atoms with van der Waals surface area (Å²) in [6, 6.07) is 7.58. The van der Waals surface area contributed by atoms with Crippen molar-refractivity contribution in [2.24, 2.45) is 0 Å². The van der Waals surface area contributed by atoms with Gasteiger partial charge in [0.1, 0.15) is 11.0 Å². The number of phenolic OH excluding ortho intramolecular Hbond substituents is 1. The van der Waals surface area contributed by atoms with Gasteiger partial charge in [0.15, 0.2) is 11.5 Å². The van der Waals surface area contributed by atoms with E-state index in [1.54, 1.807) is 18.2 Å². The van der Waals surface area contributed by atoms with Crippen molar-refractivity contribution in [2.45, 2.75) is 0 Å². The summed E-state index contributed by atoms with van der Waals surface area (Å²) in [6.07, 6.45) is 0. The van der Waals surface area contributed by atoms with Crippen LogP contribution in [-0.2, 0) is 0 Å². The molecule has 0 bridgehead atoms. The molecule has 2 aromatic carbocycles. The van der Waals surface area contributed by atoms with Crippen LogP contribution in [0.5, 0.6) is 17.2 Å². The van der Waals surface area contributed by atoms with Crippen molar-refractivity contribution in [1.82, 2.24) is 15.0 Å². The summed E-state index contributed by atoms with van der Waals surface area (Å²) in [5.74, 6) is -0.725. The molecule has 0 aliphatic rings. The fourth-order valence-electron chi connectivity index (χ4n) is 2.16. The minimum Gasteiger partial charge on any atom is -0.502 e. The summed E-state index contributed by atoms with van der Waals surface area (Å²) in [5.41, 5.74) is 1.62. The maximum atomic E-state index is 11.0. The SMILES string of the molecule is COc1cc(-n2nc3ccc(C(=O)O)cc3n2)cc(OC)c1O. The average Bonchev–Trinajstić information content (AvgIpc) is 2.98. The molecular formula is C15H13N3O5. The highest BCUT2D eigenvalue weighted by atomic mass is 16.5. The smallest absolute Gasteiger partial charge is 0.335 e. The Bertz CT molecular complexity index is 878. The first kappa shape index (κ1) is 14.6. The summed E-state index contributed by atoms with van der Waals surface area (Å²) >= 11 is 0. The maximum Gasteiger partial charge on any atom is 0.335 e. The Kier molecular flexibility index (Phi) is 3.49. The van der Waals surface area contributed by atoms with Crippen molar-refractivity contribution in [3.63, 3.8) is 0 Å². The normalized spacial score (nSPS) is 10.7. The van der Waals surface area contributed by atoms with Crippen molar-refractivity contribution in [2.75, 3.05) is 14.2 Å². The van der Waals surface area contributed by atoms with E-state index in [-0.39, 0.29) is 22.8 Å². The first-order valence-corrected chi connectivity index (χ1v) is 6.59. The molecule has 0 fully saturated rings. The largest absolute Gasteiger partial charge is 0.502 e. The fraction of sp³-hybridized carbons (Fsp3) is 0.133. The minimum atomic E-state index is -1.03. The Hall–Kier alpha value is -3.29. The molecule has 0 saturated heterocycles. The van der Waals surface area contributed by atoms with Crippen molar-refractivity contribution < 1.29 is 24.5 Å². The average molecular weight is 315 g/mol. The Balaban J connectivity index is 2.14. The number of aromatic hydroxyl groups is 1.